The molecule has 0 atom stereocenters. The lowest BCUT2D eigenvalue weighted by molar-refractivity contribution is 0.250. The number of aryl methyl sites for hydroxylation is 2. The van der Waals surface area contributed by atoms with Gasteiger partial charge in [0.05, 0.1) is 12.0 Å². The molecule has 0 saturated carbocycles. The van der Waals surface area contributed by atoms with E-state index in [1.54, 1.807) is 18.0 Å². The number of aromatic nitrogens is 2. The van der Waals surface area contributed by atoms with Crippen LogP contribution in [0.4, 0.5) is 5.69 Å². The fraction of sp³-hybridized carbons (Fsp3) is 0.300. The zero-order valence-corrected chi connectivity index (χ0v) is 8.73. The largest absolute Gasteiger partial charge is 0.468 e. The van der Waals surface area contributed by atoms with Crippen LogP contribution < -0.4 is 10.5 Å². The van der Waals surface area contributed by atoms with Crippen LogP contribution in [0.25, 0.3) is 0 Å². The van der Waals surface area contributed by atoms with Gasteiger partial charge in [-0.3, -0.25) is 0 Å². The number of ether oxygens (including phenoxy) is 1. The maximum atomic E-state index is 5.80. The van der Waals surface area contributed by atoms with E-state index in [1.165, 1.54) is 0 Å². The second-order valence-electron chi connectivity index (χ2n) is 3.30. The molecule has 0 unspecified atom stereocenters. The summed E-state index contributed by atoms with van der Waals surface area (Å²) in [5, 5.41) is 4.15. The molecule has 0 aliphatic rings. The van der Waals surface area contributed by atoms with E-state index in [2.05, 4.69) is 5.10 Å². The molecule has 2 rings (SSSR count). The molecule has 0 aromatic carbocycles. The first-order valence-electron chi connectivity index (χ1n) is 4.62. The smallest absolute Gasteiger partial charge is 0.236 e. The van der Waals surface area contributed by atoms with Gasteiger partial charge in [0.25, 0.3) is 0 Å². The van der Waals surface area contributed by atoms with Gasteiger partial charge in [0.2, 0.25) is 5.88 Å². The Kier molecular flexibility index (Phi) is 2.37. The van der Waals surface area contributed by atoms with Crippen molar-refractivity contribution < 1.29 is 9.15 Å². The molecule has 2 aromatic heterocycles. The highest BCUT2D eigenvalue weighted by Crippen LogP contribution is 2.24. The molecule has 80 valence electrons. The van der Waals surface area contributed by atoms with E-state index in [1.807, 2.05) is 19.1 Å². The van der Waals surface area contributed by atoms with E-state index < -0.39 is 0 Å². The van der Waals surface area contributed by atoms with Crippen molar-refractivity contribution in [2.45, 2.75) is 13.5 Å². The van der Waals surface area contributed by atoms with Crippen molar-refractivity contribution in [2.24, 2.45) is 7.05 Å². The van der Waals surface area contributed by atoms with Crippen molar-refractivity contribution in [3.8, 4) is 5.88 Å². The Bertz CT molecular complexity index is 445. The molecule has 0 fully saturated rings. The summed E-state index contributed by atoms with van der Waals surface area (Å²) in [6, 6.07) is 3.66. The maximum Gasteiger partial charge on any atom is 0.236 e. The lowest BCUT2D eigenvalue weighted by Gasteiger charge is -2.04. The number of nitrogens with zero attached hydrogens (tertiary/aromatic N) is 2. The van der Waals surface area contributed by atoms with Gasteiger partial charge in [-0.15, -0.1) is 0 Å². The molecule has 5 heteroatoms. The maximum absolute atomic E-state index is 5.80. The van der Waals surface area contributed by atoms with E-state index in [-0.39, 0.29) is 0 Å². The third-order valence-electron chi connectivity index (χ3n) is 2.15. The zero-order valence-electron chi connectivity index (χ0n) is 8.73. The molecule has 2 aromatic rings. The molecule has 0 amide bonds. The van der Waals surface area contributed by atoms with Crippen molar-refractivity contribution in [3.05, 3.63) is 29.9 Å². The Hall–Kier alpha value is -1.91. The zero-order chi connectivity index (χ0) is 10.8. The van der Waals surface area contributed by atoms with Gasteiger partial charge < -0.3 is 14.9 Å². The molecule has 0 saturated heterocycles. The van der Waals surface area contributed by atoms with Crippen LogP contribution in [0.2, 0.25) is 0 Å². The molecule has 0 radical (unpaired) electrons. The van der Waals surface area contributed by atoms with Gasteiger partial charge >= 0.3 is 0 Å². The van der Waals surface area contributed by atoms with Crippen LogP contribution in [0.15, 0.2) is 22.8 Å². The van der Waals surface area contributed by atoms with Gasteiger partial charge in [-0.05, 0) is 19.1 Å². The summed E-state index contributed by atoms with van der Waals surface area (Å²) < 4.78 is 12.3. The Balaban J connectivity index is 2.11. The van der Waals surface area contributed by atoms with Crippen molar-refractivity contribution in [3.63, 3.8) is 0 Å². The molecular weight excluding hydrogens is 194 g/mol. The van der Waals surface area contributed by atoms with Gasteiger partial charge in [-0.1, -0.05) is 0 Å². The van der Waals surface area contributed by atoms with Crippen LogP contribution >= 0.6 is 0 Å². The van der Waals surface area contributed by atoms with E-state index in [4.69, 9.17) is 14.9 Å². The molecule has 0 bridgehead atoms. The van der Waals surface area contributed by atoms with Gasteiger partial charge in [-0.25, -0.2) is 4.68 Å². The molecule has 2 heterocycles. The monoisotopic (exact) mass is 207 g/mol. The third-order valence-corrected chi connectivity index (χ3v) is 2.15. The van der Waals surface area contributed by atoms with Gasteiger partial charge in [0, 0.05) is 7.05 Å². The van der Waals surface area contributed by atoms with E-state index in [0.29, 0.717) is 18.2 Å². The number of furan rings is 1. The average molecular weight is 207 g/mol. The van der Waals surface area contributed by atoms with E-state index >= 15 is 0 Å². The standard InChI is InChI=1S/C10H13N3O2/c1-7-9(11)10(13(2)12-7)15-6-8-4-3-5-14-8/h3-5H,6,11H2,1-2H3. The van der Waals surface area contributed by atoms with Crippen molar-refractivity contribution >= 4 is 5.69 Å². The predicted molar refractivity (Wildman–Crippen MR) is 55.4 cm³/mol. The Morgan fingerprint density at radius 2 is 2.40 bits per heavy atom. The van der Waals surface area contributed by atoms with Crippen LogP contribution in [0.1, 0.15) is 11.5 Å². The van der Waals surface area contributed by atoms with Crippen molar-refractivity contribution in [1.29, 1.82) is 0 Å². The fourth-order valence-electron chi connectivity index (χ4n) is 1.36. The van der Waals surface area contributed by atoms with Crippen LogP contribution in [0, 0.1) is 6.92 Å². The highest BCUT2D eigenvalue weighted by Gasteiger charge is 2.11. The number of hydrogen-bond acceptors (Lipinski definition) is 4. The average Bonchev–Trinajstić information content (AvgIpc) is 2.76. The van der Waals surface area contributed by atoms with Crippen molar-refractivity contribution in [2.75, 3.05) is 5.73 Å². The molecule has 15 heavy (non-hydrogen) atoms. The van der Waals surface area contributed by atoms with E-state index in [0.717, 1.165) is 11.5 Å². The van der Waals surface area contributed by atoms with Crippen LogP contribution in [-0.4, -0.2) is 9.78 Å². The summed E-state index contributed by atoms with van der Waals surface area (Å²) in [5.74, 6) is 1.33. The van der Waals surface area contributed by atoms with Gasteiger partial charge in [-0.2, -0.15) is 5.10 Å². The second kappa shape index (κ2) is 3.68. The van der Waals surface area contributed by atoms with Gasteiger partial charge in [0.15, 0.2) is 0 Å². The van der Waals surface area contributed by atoms with E-state index in [9.17, 15) is 0 Å². The third kappa shape index (κ3) is 1.81. The number of rotatable bonds is 3. The first kappa shape index (κ1) is 9.64. The summed E-state index contributed by atoms with van der Waals surface area (Å²) in [6.45, 7) is 2.20. The summed E-state index contributed by atoms with van der Waals surface area (Å²) in [7, 11) is 1.79. The Labute approximate surface area is 87.4 Å². The number of anilines is 1. The molecule has 5 nitrogen and oxygen atoms in total. The molecule has 0 aliphatic heterocycles. The normalized spacial score (nSPS) is 10.5. The Morgan fingerprint density at radius 3 is 2.93 bits per heavy atom. The first-order valence-corrected chi connectivity index (χ1v) is 4.62. The first-order chi connectivity index (χ1) is 7.18. The SMILES string of the molecule is Cc1nn(C)c(OCc2ccco2)c1N. The number of nitrogen functional groups attached to an aromatic ring is 1. The molecule has 0 spiro atoms. The second-order valence-corrected chi connectivity index (χ2v) is 3.30. The minimum absolute atomic E-state index is 0.357. The highest BCUT2D eigenvalue weighted by molar-refractivity contribution is 5.52. The van der Waals surface area contributed by atoms with Crippen molar-refractivity contribution in [1.82, 2.24) is 9.78 Å². The van der Waals surface area contributed by atoms with Gasteiger partial charge in [0.1, 0.15) is 18.1 Å². The Morgan fingerprint density at radius 1 is 1.60 bits per heavy atom. The number of hydrogen-bond donors (Lipinski definition) is 1. The summed E-state index contributed by atoms with van der Waals surface area (Å²) in [6.07, 6.45) is 1.61. The molecule has 0 aliphatic carbocycles. The molecule has 2 N–H and O–H groups in total. The minimum Gasteiger partial charge on any atom is -0.468 e. The summed E-state index contributed by atoms with van der Waals surface area (Å²) in [4.78, 5) is 0. The lowest BCUT2D eigenvalue weighted by atomic mass is 10.4. The van der Waals surface area contributed by atoms with Crippen LogP contribution in [-0.2, 0) is 13.7 Å². The quantitative estimate of drug-likeness (QED) is 0.827. The fourth-order valence-corrected chi connectivity index (χ4v) is 1.36. The topological polar surface area (TPSA) is 66.2 Å². The van der Waals surface area contributed by atoms with Crippen LogP contribution in [0.5, 0.6) is 5.88 Å². The van der Waals surface area contributed by atoms with Crippen LogP contribution in [0.3, 0.4) is 0 Å². The lowest BCUT2D eigenvalue weighted by Crippen LogP contribution is -2.01. The minimum atomic E-state index is 0.357. The highest BCUT2D eigenvalue weighted by atomic mass is 16.5. The number of nitrogens with two attached hydrogens (primary N) is 1. The summed E-state index contributed by atoms with van der Waals surface area (Å²) in [5.41, 5.74) is 7.15. The molecular formula is C10H13N3O2. The predicted octanol–water partition coefficient (Wildman–Crippen LogP) is 1.48. The summed E-state index contributed by atoms with van der Waals surface area (Å²) >= 11 is 0.